The minimum absolute atomic E-state index is 0.170. The summed E-state index contributed by atoms with van der Waals surface area (Å²) in [5.74, 6) is -0.726. The lowest BCUT2D eigenvalue weighted by molar-refractivity contribution is -0.150. The third kappa shape index (κ3) is 2.45. The van der Waals surface area contributed by atoms with Crippen LogP contribution < -0.4 is 0 Å². The Bertz CT molecular complexity index is 252. The van der Waals surface area contributed by atoms with Crippen molar-refractivity contribution in [1.82, 2.24) is 4.90 Å². The van der Waals surface area contributed by atoms with Crippen molar-refractivity contribution in [3.8, 4) is 0 Å². The first-order valence-corrected chi connectivity index (χ1v) is 4.30. The second-order valence-electron chi connectivity index (χ2n) is 2.98. The Labute approximate surface area is 80.4 Å². The zero-order valence-corrected chi connectivity index (χ0v) is 7.51. The van der Waals surface area contributed by atoms with E-state index in [1.807, 2.05) is 0 Å². The van der Waals surface area contributed by atoms with Gasteiger partial charge < -0.3 is 14.7 Å². The van der Waals surface area contributed by atoms with Crippen molar-refractivity contribution in [3.63, 3.8) is 0 Å². The number of hydrogen-bond acceptors (Lipinski definition) is 4. The maximum atomic E-state index is 11.0. The summed E-state index contributed by atoms with van der Waals surface area (Å²) in [5.41, 5.74) is 0. The summed E-state index contributed by atoms with van der Waals surface area (Å²) >= 11 is 0. The minimum atomic E-state index is -1.43. The molecule has 0 spiro atoms. The maximum absolute atomic E-state index is 11.0. The fourth-order valence-electron chi connectivity index (χ4n) is 1.46. The van der Waals surface area contributed by atoms with Crippen molar-refractivity contribution in [1.29, 1.82) is 0 Å². The number of likely N-dealkylation sites (tertiary alicyclic amines) is 1. The molecule has 14 heavy (non-hydrogen) atoms. The quantitative estimate of drug-likeness (QED) is 0.392. The van der Waals surface area contributed by atoms with Gasteiger partial charge in [-0.25, -0.2) is 4.79 Å². The second-order valence-corrected chi connectivity index (χ2v) is 2.98. The van der Waals surface area contributed by atoms with Crippen molar-refractivity contribution < 1.29 is 24.2 Å². The number of amides is 1. The van der Waals surface area contributed by atoms with Crippen LogP contribution in [0.5, 0.6) is 0 Å². The van der Waals surface area contributed by atoms with Gasteiger partial charge in [0.1, 0.15) is 0 Å². The first kappa shape index (κ1) is 10.5. The molecule has 1 aliphatic rings. The molecule has 1 heterocycles. The van der Waals surface area contributed by atoms with Crippen molar-refractivity contribution >= 4 is 18.3 Å². The highest BCUT2D eigenvalue weighted by Gasteiger charge is 2.28. The summed E-state index contributed by atoms with van der Waals surface area (Å²) in [6.45, 7) is 0.371. The molecule has 6 heteroatoms. The summed E-state index contributed by atoms with van der Waals surface area (Å²) in [6.07, 6.45) is -0.0609. The highest BCUT2D eigenvalue weighted by atomic mass is 16.7. The highest BCUT2D eigenvalue weighted by molar-refractivity contribution is 6.23. The van der Waals surface area contributed by atoms with E-state index in [-0.39, 0.29) is 6.29 Å². The van der Waals surface area contributed by atoms with Crippen LogP contribution in [0.3, 0.4) is 0 Å². The van der Waals surface area contributed by atoms with Gasteiger partial charge >= 0.3 is 6.16 Å². The molecular formula is C8H11NO5. The number of aldehydes is 1. The molecule has 0 aromatic heterocycles. The first-order chi connectivity index (χ1) is 6.65. The number of rotatable bonds is 2. The van der Waals surface area contributed by atoms with Crippen molar-refractivity contribution in [2.45, 2.75) is 25.5 Å². The molecule has 0 saturated carbocycles. The molecule has 1 fully saturated rings. The van der Waals surface area contributed by atoms with Crippen molar-refractivity contribution in [2.75, 3.05) is 6.54 Å². The molecule has 0 aliphatic carbocycles. The Morgan fingerprint density at radius 2 is 2.14 bits per heavy atom. The van der Waals surface area contributed by atoms with Crippen LogP contribution in [-0.2, 0) is 14.3 Å². The minimum Gasteiger partial charge on any atom is -0.450 e. The third-order valence-corrected chi connectivity index (χ3v) is 2.07. The van der Waals surface area contributed by atoms with Gasteiger partial charge in [-0.3, -0.25) is 9.59 Å². The van der Waals surface area contributed by atoms with Gasteiger partial charge in [0.05, 0.1) is 0 Å². The Hall–Kier alpha value is -1.59. The van der Waals surface area contributed by atoms with Gasteiger partial charge in [-0.2, -0.15) is 0 Å². The first-order valence-electron chi connectivity index (χ1n) is 4.30. The van der Waals surface area contributed by atoms with Crippen molar-refractivity contribution in [3.05, 3.63) is 0 Å². The zero-order chi connectivity index (χ0) is 10.6. The predicted molar refractivity (Wildman–Crippen MR) is 44.5 cm³/mol. The normalized spacial score (nSPS) is 21.4. The summed E-state index contributed by atoms with van der Waals surface area (Å²) in [5, 5.41) is 8.39. The second kappa shape index (κ2) is 4.59. The molecule has 0 aromatic rings. The van der Waals surface area contributed by atoms with Gasteiger partial charge in [0, 0.05) is 13.0 Å². The molecular weight excluding hydrogens is 190 g/mol. The molecule has 0 aromatic carbocycles. The Morgan fingerprint density at radius 3 is 2.71 bits per heavy atom. The molecule has 1 atom stereocenters. The smallest absolute Gasteiger partial charge is 0.450 e. The molecule has 1 saturated heterocycles. The van der Waals surface area contributed by atoms with E-state index in [4.69, 9.17) is 5.11 Å². The van der Waals surface area contributed by atoms with Crippen LogP contribution in [0.2, 0.25) is 0 Å². The van der Waals surface area contributed by atoms with Gasteiger partial charge in [0.2, 0.25) is 6.29 Å². The van der Waals surface area contributed by atoms with E-state index in [2.05, 4.69) is 4.74 Å². The molecule has 0 bridgehead atoms. The number of ether oxygens (including phenoxy) is 1. The lowest BCUT2D eigenvalue weighted by Crippen LogP contribution is -2.46. The van der Waals surface area contributed by atoms with Crippen LogP contribution in [-0.4, -0.2) is 41.1 Å². The van der Waals surface area contributed by atoms with E-state index < -0.39 is 18.3 Å². The van der Waals surface area contributed by atoms with Crippen LogP contribution in [0.1, 0.15) is 19.3 Å². The third-order valence-electron chi connectivity index (χ3n) is 2.07. The topological polar surface area (TPSA) is 83.9 Å². The molecule has 1 N–H and O–H groups in total. The lowest BCUT2D eigenvalue weighted by Gasteiger charge is -2.32. The largest absolute Gasteiger partial charge is 0.507 e. The van der Waals surface area contributed by atoms with Crippen LogP contribution >= 0.6 is 0 Å². The molecule has 6 nitrogen and oxygen atoms in total. The number of carbonyl (C=O) groups excluding carboxylic acids is 2. The number of carboxylic acid groups (broad SMARTS) is 1. The number of carbonyl (C=O) groups is 3. The van der Waals surface area contributed by atoms with Gasteiger partial charge in [-0.1, -0.05) is 0 Å². The van der Waals surface area contributed by atoms with Crippen LogP contribution in [0.4, 0.5) is 4.79 Å². The molecule has 78 valence electrons. The fraction of sp³-hybridized carbons (Fsp3) is 0.625. The number of hydrogen-bond donors (Lipinski definition) is 1. The van der Waals surface area contributed by atoms with Gasteiger partial charge in [0.15, 0.2) is 6.23 Å². The van der Waals surface area contributed by atoms with Crippen LogP contribution in [0.25, 0.3) is 0 Å². The molecule has 1 rings (SSSR count). The van der Waals surface area contributed by atoms with Gasteiger partial charge in [-0.15, -0.1) is 0 Å². The lowest BCUT2D eigenvalue weighted by atomic mass is 10.1. The number of nitrogens with zero attached hydrogens (tertiary/aromatic N) is 1. The molecule has 1 amide bonds. The molecule has 1 aliphatic heterocycles. The van der Waals surface area contributed by atoms with E-state index in [0.717, 1.165) is 17.7 Å². The Kier molecular flexibility index (Phi) is 3.44. The fourth-order valence-corrected chi connectivity index (χ4v) is 1.46. The Balaban J connectivity index is 2.63. The summed E-state index contributed by atoms with van der Waals surface area (Å²) in [7, 11) is 0. The average molecular weight is 201 g/mol. The van der Waals surface area contributed by atoms with Crippen molar-refractivity contribution in [2.24, 2.45) is 0 Å². The van der Waals surface area contributed by atoms with E-state index >= 15 is 0 Å². The van der Waals surface area contributed by atoms with E-state index in [9.17, 15) is 14.4 Å². The van der Waals surface area contributed by atoms with Gasteiger partial charge in [0.25, 0.3) is 5.91 Å². The highest BCUT2D eigenvalue weighted by Crippen LogP contribution is 2.17. The molecule has 0 radical (unpaired) electrons. The SMILES string of the molecule is O=CC(=O)N1CCCCC1OC(=O)O. The standard InChI is InChI=1S/C8H11NO5/c10-5-6(11)9-4-2-1-3-7(9)14-8(12)13/h5,7H,1-4H2,(H,12,13). The Morgan fingerprint density at radius 1 is 1.43 bits per heavy atom. The zero-order valence-electron chi connectivity index (χ0n) is 7.51. The summed E-state index contributed by atoms with van der Waals surface area (Å²) in [4.78, 5) is 32.7. The summed E-state index contributed by atoms with van der Waals surface area (Å²) < 4.78 is 4.49. The van der Waals surface area contributed by atoms with Gasteiger partial charge in [-0.05, 0) is 12.8 Å². The molecule has 1 unspecified atom stereocenters. The maximum Gasteiger partial charge on any atom is 0.507 e. The van der Waals surface area contributed by atoms with E-state index in [0.29, 0.717) is 13.0 Å². The van der Waals surface area contributed by atoms with E-state index in [1.165, 1.54) is 0 Å². The average Bonchev–Trinajstić information content (AvgIpc) is 2.16. The predicted octanol–water partition coefficient (Wildman–Crippen LogP) is 0.219. The monoisotopic (exact) mass is 201 g/mol. The number of piperidine rings is 1. The summed E-state index contributed by atoms with van der Waals surface area (Å²) in [6, 6.07) is 0. The van der Waals surface area contributed by atoms with E-state index in [1.54, 1.807) is 0 Å². The van der Waals surface area contributed by atoms with Crippen LogP contribution in [0, 0.1) is 0 Å². The van der Waals surface area contributed by atoms with Crippen LogP contribution in [0.15, 0.2) is 0 Å².